The zero-order valence-corrected chi connectivity index (χ0v) is 14.4. The normalized spacial score (nSPS) is 11.7. The van der Waals surface area contributed by atoms with Crippen LogP contribution in [0.3, 0.4) is 0 Å². The Kier molecular flexibility index (Phi) is 4.15. The van der Waals surface area contributed by atoms with Gasteiger partial charge >= 0.3 is 6.18 Å². The Bertz CT molecular complexity index is 1170. The van der Waals surface area contributed by atoms with Crippen molar-refractivity contribution in [3.63, 3.8) is 0 Å². The molecule has 9 heteroatoms. The van der Waals surface area contributed by atoms with Crippen LogP contribution in [-0.4, -0.2) is 15.0 Å². The molecule has 0 fully saturated rings. The summed E-state index contributed by atoms with van der Waals surface area (Å²) < 4.78 is 38.5. The van der Waals surface area contributed by atoms with Crippen molar-refractivity contribution in [3.05, 3.63) is 70.0 Å². The first-order valence-corrected chi connectivity index (χ1v) is 8.67. The number of rotatable bonds is 3. The van der Waals surface area contributed by atoms with E-state index in [0.29, 0.717) is 10.9 Å². The zero-order chi connectivity index (χ0) is 19.0. The summed E-state index contributed by atoms with van der Waals surface area (Å²) in [5.74, 6) is 0.0163. The van der Waals surface area contributed by atoms with Gasteiger partial charge in [-0.25, -0.2) is 4.98 Å². The molecular formula is C18H11F3N4OS. The van der Waals surface area contributed by atoms with E-state index in [0.717, 1.165) is 17.0 Å². The van der Waals surface area contributed by atoms with Crippen molar-refractivity contribution in [1.82, 2.24) is 15.0 Å². The summed E-state index contributed by atoms with van der Waals surface area (Å²) in [5, 5.41) is 4.92. The number of hydrogen-bond donors (Lipinski definition) is 2. The van der Waals surface area contributed by atoms with Crippen molar-refractivity contribution in [2.24, 2.45) is 0 Å². The lowest BCUT2D eigenvalue weighted by molar-refractivity contribution is -0.137. The molecule has 0 saturated carbocycles. The second kappa shape index (κ2) is 6.51. The molecule has 4 aromatic rings. The largest absolute Gasteiger partial charge is 0.416 e. The summed E-state index contributed by atoms with van der Waals surface area (Å²) in [7, 11) is 0. The molecule has 0 radical (unpaired) electrons. The maximum Gasteiger partial charge on any atom is 0.416 e. The summed E-state index contributed by atoms with van der Waals surface area (Å²) in [6, 6.07) is 10.1. The topological polar surface area (TPSA) is 70.7 Å². The lowest BCUT2D eigenvalue weighted by Gasteiger charge is -2.10. The first-order chi connectivity index (χ1) is 12.9. The van der Waals surface area contributed by atoms with E-state index in [9.17, 15) is 18.0 Å². The highest BCUT2D eigenvalue weighted by Gasteiger charge is 2.30. The SMILES string of the molecule is O=c1[nH]c(Nc2cccc(C(F)(F)F)c2)nc2nccc(-c3cccs3)c12. The van der Waals surface area contributed by atoms with Crippen LogP contribution >= 0.6 is 11.3 Å². The molecule has 4 rings (SSSR count). The Morgan fingerprint density at radius 3 is 2.70 bits per heavy atom. The number of fused-ring (bicyclic) bond motifs is 1. The number of nitrogens with one attached hydrogen (secondary N) is 2. The van der Waals surface area contributed by atoms with Crippen molar-refractivity contribution < 1.29 is 13.2 Å². The van der Waals surface area contributed by atoms with Gasteiger partial charge < -0.3 is 5.32 Å². The fraction of sp³-hybridized carbons (Fsp3) is 0.0556. The molecule has 0 aliphatic heterocycles. The highest BCUT2D eigenvalue weighted by atomic mass is 32.1. The van der Waals surface area contributed by atoms with Crippen LogP contribution in [0.15, 0.2) is 58.8 Å². The molecule has 3 heterocycles. The quantitative estimate of drug-likeness (QED) is 0.528. The fourth-order valence-electron chi connectivity index (χ4n) is 2.67. The maximum absolute atomic E-state index is 12.8. The van der Waals surface area contributed by atoms with E-state index in [1.165, 1.54) is 29.7 Å². The number of nitrogens with zero attached hydrogens (tertiary/aromatic N) is 2. The van der Waals surface area contributed by atoms with Gasteiger partial charge in [-0.05, 0) is 35.7 Å². The van der Waals surface area contributed by atoms with Gasteiger partial charge in [-0.2, -0.15) is 18.2 Å². The average molecular weight is 388 g/mol. The van der Waals surface area contributed by atoms with Gasteiger partial charge in [0.2, 0.25) is 5.95 Å². The third-order valence-corrected chi connectivity index (χ3v) is 4.75. The molecular weight excluding hydrogens is 377 g/mol. The van der Waals surface area contributed by atoms with Gasteiger partial charge in [0.15, 0.2) is 5.65 Å². The number of alkyl halides is 3. The number of aromatic amines is 1. The van der Waals surface area contributed by atoms with Crippen molar-refractivity contribution in [1.29, 1.82) is 0 Å². The molecule has 1 aromatic carbocycles. The number of aromatic nitrogens is 3. The average Bonchev–Trinajstić information content (AvgIpc) is 3.15. The van der Waals surface area contributed by atoms with E-state index in [1.807, 2.05) is 17.5 Å². The Morgan fingerprint density at radius 1 is 1.11 bits per heavy atom. The summed E-state index contributed by atoms with van der Waals surface area (Å²) in [6.45, 7) is 0. The van der Waals surface area contributed by atoms with Crippen LogP contribution in [0.5, 0.6) is 0 Å². The van der Waals surface area contributed by atoms with Gasteiger partial charge in [-0.1, -0.05) is 12.1 Å². The summed E-state index contributed by atoms with van der Waals surface area (Å²) in [4.78, 5) is 24.4. The van der Waals surface area contributed by atoms with Gasteiger partial charge in [0.1, 0.15) is 0 Å². The molecule has 0 atom stereocenters. The van der Waals surface area contributed by atoms with Gasteiger partial charge in [0.25, 0.3) is 5.56 Å². The smallest absolute Gasteiger partial charge is 0.326 e. The molecule has 136 valence electrons. The summed E-state index contributed by atoms with van der Waals surface area (Å²) in [5.41, 5.74) is -0.157. The minimum atomic E-state index is -4.46. The minimum absolute atomic E-state index is 0.0163. The van der Waals surface area contributed by atoms with Crippen LogP contribution in [0.4, 0.5) is 24.8 Å². The molecule has 3 aromatic heterocycles. The molecule has 0 spiro atoms. The Labute approximate surface area is 154 Å². The van der Waals surface area contributed by atoms with E-state index < -0.39 is 17.3 Å². The van der Waals surface area contributed by atoms with Crippen LogP contribution in [0, 0.1) is 0 Å². The first kappa shape index (κ1) is 17.2. The second-order valence-electron chi connectivity index (χ2n) is 5.65. The van der Waals surface area contributed by atoms with Gasteiger partial charge in [0.05, 0.1) is 10.9 Å². The highest BCUT2D eigenvalue weighted by Crippen LogP contribution is 2.31. The van der Waals surface area contributed by atoms with E-state index >= 15 is 0 Å². The van der Waals surface area contributed by atoms with E-state index in [1.54, 1.807) is 6.07 Å². The number of thiophene rings is 1. The van der Waals surface area contributed by atoms with Crippen LogP contribution in [-0.2, 0) is 6.18 Å². The molecule has 0 saturated heterocycles. The first-order valence-electron chi connectivity index (χ1n) is 7.79. The van der Waals surface area contributed by atoms with Gasteiger partial charge in [-0.3, -0.25) is 9.78 Å². The van der Waals surface area contributed by atoms with Crippen molar-refractivity contribution in [2.45, 2.75) is 6.18 Å². The molecule has 0 aliphatic rings. The Hall–Kier alpha value is -3.20. The lowest BCUT2D eigenvalue weighted by atomic mass is 10.1. The number of hydrogen-bond acceptors (Lipinski definition) is 5. The molecule has 0 amide bonds. The maximum atomic E-state index is 12.8. The fourth-order valence-corrected chi connectivity index (χ4v) is 3.43. The number of halogens is 3. The number of benzene rings is 1. The molecule has 0 aliphatic carbocycles. The molecule has 0 unspecified atom stereocenters. The van der Waals surface area contributed by atoms with E-state index in [4.69, 9.17) is 0 Å². The number of anilines is 2. The summed E-state index contributed by atoms with van der Waals surface area (Å²) >= 11 is 1.48. The van der Waals surface area contributed by atoms with Gasteiger partial charge in [-0.15, -0.1) is 11.3 Å². The monoisotopic (exact) mass is 388 g/mol. The molecule has 0 bridgehead atoms. The Balaban J connectivity index is 1.76. The van der Waals surface area contributed by atoms with Crippen molar-refractivity contribution in [3.8, 4) is 10.4 Å². The van der Waals surface area contributed by atoms with Crippen molar-refractivity contribution >= 4 is 34.0 Å². The van der Waals surface area contributed by atoms with Gasteiger partial charge in [0, 0.05) is 22.3 Å². The standard InChI is InChI=1S/C18H11F3N4OS/c19-18(20,21)10-3-1-4-11(9-10)23-17-24-15-14(16(26)25-17)12(6-7-22-15)13-5-2-8-27-13/h1-9H,(H2,22,23,24,25,26). The zero-order valence-electron chi connectivity index (χ0n) is 13.5. The highest BCUT2D eigenvalue weighted by molar-refractivity contribution is 7.13. The third kappa shape index (κ3) is 3.41. The number of pyridine rings is 1. The predicted molar refractivity (Wildman–Crippen MR) is 98.2 cm³/mol. The van der Waals surface area contributed by atoms with E-state index in [2.05, 4.69) is 20.3 Å². The minimum Gasteiger partial charge on any atom is -0.326 e. The molecule has 2 N–H and O–H groups in total. The third-order valence-electron chi connectivity index (χ3n) is 3.85. The number of H-pyrrole nitrogens is 1. The van der Waals surface area contributed by atoms with Crippen LogP contribution in [0.1, 0.15) is 5.56 Å². The van der Waals surface area contributed by atoms with Crippen LogP contribution in [0.25, 0.3) is 21.5 Å². The Morgan fingerprint density at radius 2 is 1.96 bits per heavy atom. The van der Waals surface area contributed by atoms with Crippen LogP contribution < -0.4 is 10.9 Å². The van der Waals surface area contributed by atoms with E-state index in [-0.39, 0.29) is 17.3 Å². The lowest BCUT2D eigenvalue weighted by Crippen LogP contribution is -2.13. The van der Waals surface area contributed by atoms with Crippen LogP contribution in [0.2, 0.25) is 0 Å². The second-order valence-corrected chi connectivity index (χ2v) is 6.60. The van der Waals surface area contributed by atoms with Crippen molar-refractivity contribution in [2.75, 3.05) is 5.32 Å². The molecule has 27 heavy (non-hydrogen) atoms. The molecule has 5 nitrogen and oxygen atoms in total. The summed E-state index contributed by atoms with van der Waals surface area (Å²) in [6.07, 6.45) is -2.92. The predicted octanol–water partition coefficient (Wildman–Crippen LogP) is 4.81.